The normalized spacial score (nSPS) is 24.2. The molecule has 5 heterocycles. The van der Waals surface area contributed by atoms with Crippen LogP contribution in [-0.4, -0.2) is 113 Å². The van der Waals surface area contributed by atoms with Gasteiger partial charge in [0.25, 0.3) is 5.92 Å². The van der Waals surface area contributed by atoms with Crippen molar-refractivity contribution in [1.29, 1.82) is 0 Å². The van der Waals surface area contributed by atoms with E-state index < -0.39 is 23.0 Å². The van der Waals surface area contributed by atoms with Crippen LogP contribution in [0.2, 0.25) is 0 Å². The Balaban J connectivity index is 1.26. The lowest BCUT2D eigenvalue weighted by Gasteiger charge is -2.44. The number of ether oxygens (including phenoxy) is 2. The molecule has 2 aromatic heterocycles. The molecule has 0 spiro atoms. The topological polar surface area (TPSA) is 92.0 Å². The molecule has 4 fully saturated rings. The monoisotopic (exact) mass is 733 g/mol. The number of aromatic nitrogens is 4. The summed E-state index contributed by atoms with van der Waals surface area (Å²) in [6, 6.07) is 5.85. The molecular formula is C39H43F4N7O3. The third kappa shape index (κ3) is 5.58. The Morgan fingerprint density at radius 3 is 2.42 bits per heavy atom. The zero-order chi connectivity index (χ0) is 37.0. The minimum atomic E-state index is -2.92. The van der Waals surface area contributed by atoms with Crippen LogP contribution in [0.25, 0.3) is 43.7 Å². The summed E-state index contributed by atoms with van der Waals surface area (Å²) in [6.45, 7) is 5.66. The molecule has 2 bridgehead atoms. The third-order valence-electron chi connectivity index (χ3n) is 11.7. The van der Waals surface area contributed by atoms with Crippen molar-refractivity contribution in [3.63, 3.8) is 0 Å². The maximum Gasteiger partial charge on any atom is 0.319 e. The number of rotatable bonds is 10. The van der Waals surface area contributed by atoms with E-state index in [4.69, 9.17) is 19.6 Å². The standard InChI is InChI=1S/C39H43F4N7O3/c1-5-26-29(40)9-6-22-10-25(51)11-27(30(22)26)31-33(41)35-32(28-15-48(4)46-34(28)31)36(45-37(44-35)53-20-38(19-47(2)3)18-39(38,42)43)50-23-7-8-24(50)14-49(13-23)12-21-16-52-17-21/h6,9-11,15,21,23-24,51H,5,7-8,12-14,16-20H2,1-4H3/t23-,24+,38-/m1/s1. The van der Waals surface area contributed by atoms with Crippen molar-refractivity contribution < 1.29 is 32.1 Å². The molecule has 0 radical (unpaired) electrons. The number of anilines is 1. The molecule has 0 unspecified atom stereocenters. The van der Waals surface area contributed by atoms with Gasteiger partial charge >= 0.3 is 6.01 Å². The zero-order valence-corrected chi connectivity index (χ0v) is 30.3. The van der Waals surface area contributed by atoms with Crippen molar-refractivity contribution in [3.8, 4) is 22.9 Å². The van der Waals surface area contributed by atoms with Gasteiger partial charge in [0.05, 0.1) is 24.0 Å². The van der Waals surface area contributed by atoms with Crippen LogP contribution < -0.4 is 9.64 Å². The summed E-state index contributed by atoms with van der Waals surface area (Å²) in [5.74, 6) is -3.22. The van der Waals surface area contributed by atoms with E-state index >= 15 is 8.78 Å². The second kappa shape index (κ2) is 12.4. The molecule has 280 valence electrons. The molecule has 3 saturated heterocycles. The number of halogens is 4. The Hall–Kier alpha value is -4.27. The molecular weight excluding hydrogens is 690 g/mol. The first-order valence-electron chi connectivity index (χ1n) is 18.4. The maximum atomic E-state index is 17.7. The Labute approximate surface area is 304 Å². The van der Waals surface area contributed by atoms with Crippen LogP contribution in [0.4, 0.5) is 23.4 Å². The average Bonchev–Trinajstić information content (AvgIpc) is 3.28. The van der Waals surface area contributed by atoms with E-state index in [2.05, 4.69) is 14.8 Å². The number of piperazine rings is 1. The highest BCUT2D eigenvalue weighted by atomic mass is 19.3. The van der Waals surface area contributed by atoms with Crippen molar-refractivity contribution in [2.75, 3.05) is 65.0 Å². The number of hydrogen-bond donors (Lipinski definition) is 1. The molecule has 14 heteroatoms. The van der Waals surface area contributed by atoms with Gasteiger partial charge in [-0.15, -0.1) is 0 Å². The van der Waals surface area contributed by atoms with Gasteiger partial charge in [-0.05, 0) is 73.5 Å². The number of aryl methyl sites for hydroxylation is 2. The summed E-state index contributed by atoms with van der Waals surface area (Å²) < 4.78 is 75.9. The summed E-state index contributed by atoms with van der Waals surface area (Å²) in [6.07, 6.45) is 3.63. The molecule has 1 aliphatic carbocycles. The Morgan fingerprint density at radius 1 is 1.04 bits per heavy atom. The summed E-state index contributed by atoms with van der Waals surface area (Å²) in [4.78, 5) is 16.0. The van der Waals surface area contributed by atoms with E-state index in [1.54, 1.807) is 43.0 Å². The van der Waals surface area contributed by atoms with E-state index in [9.17, 15) is 13.9 Å². The van der Waals surface area contributed by atoms with Crippen molar-refractivity contribution in [1.82, 2.24) is 29.5 Å². The lowest BCUT2D eigenvalue weighted by molar-refractivity contribution is -0.0484. The van der Waals surface area contributed by atoms with Crippen LogP contribution in [0.3, 0.4) is 0 Å². The average molecular weight is 734 g/mol. The number of phenols is 1. The number of nitrogens with zero attached hydrogens (tertiary/aromatic N) is 7. The highest BCUT2D eigenvalue weighted by Gasteiger charge is 2.71. The van der Waals surface area contributed by atoms with Gasteiger partial charge < -0.3 is 24.4 Å². The largest absolute Gasteiger partial charge is 0.508 e. The number of phenolic OH excluding ortho intramolecular Hbond substituents is 1. The predicted molar refractivity (Wildman–Crippen MR) is 194 cm³/mol. The van der Waals surface area contributed by atoms with Gasteiger partial charge in [-0.1, -0.05) is 13.0 Å². The first-order chi connectivity index (χ1) is 25.4. The Bertz CT molecular complexity index is 2260. The number of fused-ring (bicyclic) bond motifs is 6. The van der Waals surface area contributed by atoms with Crippen LogP contribution in [0.15, 0.2) is 30.5 Å². The fourth-order valence-corrected chi connectivity index (χ4v) is 9.26. The fourth-order valence-electron chi connectivity index (χ4n) is 9.26. The first-order valence-corrected chi connectivity index (χ1v) is 18.4. The van der Waals surface area contributed by atoms with Crippen molar-refractivity contribution in [3.05, 3.63) is 47.7 Å². The highest BCUT2D eigenvalue weighted by Crippen LogP contribution is 2.60. The first kappa shape index (κ1) is 34.5. The molecule has 4 aliphatic rings. The smallest absolute Gasteiger partial charge is 0.319 e. The maximum absolute atomic E-state index is 17.7. The SMILES string of the molecule is CCc1c(F)ccc2cc(O)cc(-c3c(F)c4nc(OC[C@]5(CN(C)C)CC5(F)F)nc(N5[C@@H]6CC[C@H]5CN(CC5COC5)C6)c4c4cn(C)nc34)c12. The van der Waals surface area contributed by atoms with E-state index in [-0.39, 0.29) is 60.1 Å². The quantitative estimate of drug-likeness (QED) is 0.170. The Morgan fingerprint density at radius 2 is 1.77 bits per heavy atom. The molecule has 3 aliphatic heterocycles. The van der Waals surface area contributed by atoms with Crippen LogP contribution in [0.1, 0.15) is 31.7 Å². The van der Waals surface area contributed by atoms with E-state index in [0.29, 0.717) is 50.8 Å². The second-order valence-corrected chi connectivity index (χ2v) is 15.9. The van der Waals surface area contributed by atoms with Crippen molar-refractivity contribution >= 4 is 38.4 Å². The Kier molecular flexibility index (Phi) is 8.06. The number of alkyl halides is 2. The van der Waals surface area contributed by atoms with Crippen molar-refractivity contribution in [2.24, 2.45) is 18.4 Å². The molecule has 0 amide bonds. The van der Waals surface area contributed by atoms with Gasteiger partial charge in [0.15, 0.2) is 5.82 Å². The molecule has 1 saturated carbocycles. The fraction of sp³-hybridized carbons (Fsp3) is 0.513. The summed E-state index contributed by atoms with van der Waals surface area (Å²) in [5.41, 5.74) is -0.440. The number of likely N-dealkylation sites (tertiary alicyclic amines) is 1. The van der Waals surface area contributed by atoms with Crippen LogP contribution >= 0.6 is 0 Å². The molecule has 9 rings (SSSR count). The van der Waals surface area contributed by atoms with E-state index in [1.807, 2.05) is 6.92 Å². The lowest BCUT2D eigenvalue weighted by atomic mass is 9.90. The third-order valence-corrected chi connectivity index (χ3v) is 11.7. The lowest BCUT2D eigenvalue weighted by Crippen LogP contribution is -2.56. The molecule has 10 nitrogen and oxygen atoms in total. The van der Waals surface area contributed by atoms with Crippen molar-refractivity contribution in [2.45, 2.75) is 50.6 Å². The summed E-state index contributed by atoms with van der Waals surface area (Å²) in [7, 11) is 5.23. The van der Waals surface area contributed by atoms with Crippen LogP contribution in [0.5, 0.6) is 11.8 Å². The number of aromatic hydroxyl groups is 1. The van der Waals surface area contributed by atoms with Gasteiger partial charge in [0.1, 0.15) is 35.0 Å². The number of hydrogen-bond acceptors (Lipinski definition) is 9. The number of benzene rings is 3. The van der Waals surface area contributed by atoms with Crippen LogP contribution in [0, 0.1) is 23.0 Å². The highest BCUT2D eigenvalue weighted by molar-refractivity contribution is 6.18. The molecule has 5 aromatic rings. The summed E-state index contributed by atoms with van der Waals surface area (Å²) >= 11 is 0. The molecule has 3 atom stereocenters. The van der Waals surface area contributed by atoms with Gasteiger partial charge in [0.2, 0.25) is 0 Å². The zero-order valence-electron chi connectivity index (χ0n) is 30.3. The van der Waals surface area contributed by atoms with Gasteiger partial charge in [-0.2, -0.15) is 15.1 Å². The molecule has 53 heavy (non-hydrogen) atoms. The predicted octanol–water partition coefficient (Wildman–Crippen LogP) is 6.15. The molecule has 1 N–H and O–H groups in total. The van der Waals surface area contributed by atoms with E-state index in [0.717, 1.165) is 45.7 Å². The van der Waals surface area contributed by atoms with Gasteiger partial charge in [-0.25, -0.2) is 17.6 Å². The minimum absolute atomic E-state index is 0.0518. The summed E-state index contributed by atoms with van der Waals surface area (Å²) in [5, 5.41) is 17.7. The van der Waals surface area contributed by atoms with Crippen LogP contribution in [-0.2, 0) is 18.2 Å². The van der Waals surface area contributed by atoms with Gasteiger partial charge in [-0.3, -0.25) is 9.58 Å². The molecule has 3 aromatic carbocycles. The van der Waals surface area contributed by atoms with E-state index in [1.165, 1.54) is 18.2 Å². The second-order valence-electron chi connectivity index (χ2n) is 15.9. The minimum Gasteiger partial charge on any atom is -0.508 e. The van der Waals surface area contributed by atoms with Gasteiger partial charge in [0, 0.05) is 74.8 Å².